The predicted molar refractivity (Wildman–Crippen MR) is 80.4 cm³/mol. The van der Waals surface area contributed by atoms with E-state index >= 15 is 0 Å². The summed E-state index contributed by atoms with van der Waals surface area (Å²) < 4.78 is 1.68. The Bertz CT molecular complexity index is 556. The molecule has 1 atom stereocenters. The Balaban J connectivity index is 2.21. The number of carbonyl (C=O) groups is 1. The van der Waals surface area contributed by atoms with Crippen LogP contribution < -0.4 is 4.87 Å². The molecule has 4 nitrogen and oxygen atoms in total. The molecule has 0 amide bonds. The molecule has 0 aliphatic heterocycles. The fourth-order valence-electron chi connectivity index (χ4n) is 2.94. The summed E-state index contributed by atoms with van der Waals surface area (Å²) in [5.41, 5.74) is 1.39. The predicted octanol–water partition coefficient (Wildman–Crippen LogP) is 2.93. The topological polar surface area (TPSA) is 59.3 Å². The Morgan fingerprint density at radius 3 is 2.80 bits per heavy atom. The van der Waals surface area contributed by atoms with Gasteiger partial charge in [-0.15, -0.1) is 0 Å². The van der Waals surface area contributed by atoms with Gasteiger partial charge in [0, 0.05) is 17.1 Å². The van der Waals surface area contributed by atoms with Gasteiger partial charge < -0.3 is 9.67 Å². The number of hydrogen-bond acceptors (Lipinski definition) is 3. The van der Waals surface area contributed by atoms with Gasteiger partial charge in [-0.25, -0.2) is 0 Å². The highest BCUT2D eigenvalue weighted by molar-refractivity contribution is 7.09. The van der Waals surface area contributed by atoms with E-state index in [1.54, 1.807) is 4.57 Å². The van der Waals surface area contributed by atoms with Crippen molar-refractivity contribution >= 4 is 17.3 Å². The molecule has 0 spiro atoms. The van der Waals surface area contributed by atoms with Crippen LogP contribution in [0, 0.1) is 11.3 Å². The van der Waals surface area contributed by atoms with E-state index in [4.69, 9.17) is 5.11 Å². The first-order chi connectivity index (χ1) is 9.35. The average Bonchev–Trinajstić information content (AvgIpc) is 2.70. The van der Waals surface area contributed by atoms with Gasteiger partial charge in [0.2, 0.25) is 0 Å². The highest BCUT2D eigenvalue weighted by Gasteiger charge is 2.33. The van der Waals surface area contributed by atoms with Crippen LogP contribution in [-0.4, -0.2) is 15.6 Å². The average molecular weight is 297 g/mol. The normalized spacial score (nSPS) is 18.9. The third-order valence-corrected chi connectivity index (χ3v) is 5.85. The molecule has 20 heavy (non-hydrogen) atoms. The van der Waals surface area contributed by atoms with E-state index < -0.39 is 5.97 Å². The minimum Gasteiger partial charge on any atom is -0.481 e. The smallest absolute Gasteiger partial charge is 0.307 e. The zero-order chi connectivity index (χ0) is 14.9. The van der Waals surface area contributed by atoms with Crippen molar-refractivity contribution in [3.8, 4) is 0 Å². The van der Waals surface area contributed by atoms with Crippen LogP contribution in [-0.2, 0) is 24.2 Å². The van der Waals surface area contributed by atoms with Crippen LogP contribution in [0.5, 0.6) is 0 Å². The molecular weight excluding hydrogens is 274 g/mol. The fraction of sp³-hybridized carbons (Fsp3) is 0.733. The van der Waals surface area contributed by atoms with Gasteiger partial charge in [-0.2, -0.15) is 0 Å². The van der Waals surface area contributed by atoms with Crippen molar-refractivity contribution in [2.75, 3.05) is 0 Å². The van der Waals surface area contributed by atoms with Crippen molar-refractivity contribution in [2.45, 2.75) is 59.4 Å². The van der Waals surface area contributed by atoms with Crippen molar-refractivity contribution < 1.29 is 9.90 Å². The third kappa shape index (κ3) is 2.97. The number of aliphatic carboxylic acids is 1. The summed E-state index contributed by atoms with van der Waals surface area (Å²) in [6, 6.07) is 0. The molecule has 2 rings (SSSR count). The number of rotatable bonds is 5. The highest BCUT2D eigenvalue weighted by atomic mass is 32.1. The minimum atomic E-state index is -0.849. The Morgan fingerprint density at radius 2 is 2.20 bits per heavy atom. The number of carboxylic acid groups (broad SMARTS) is 1. The van der Waals surface area contributed by atoms with Gasteiger partial charge in [-0.3, -0.25) is 9.59 Å². The second-order valence-corrected chi connectivity index (χ2v) is 7.36. The van der Waals surface area contributed by atoms with E-state index in [0.29, 0.717) is 17.9 Å². The second kappa shape index (κ2) is 5.72. The molecule has 1 aliphatic rings. The number of aromatic nitrogens is 1. The number of hydrogen-bond donors (Lipinski definition) is 1. The lowest BCUT2D eigenvalue weighted by molar-refractivity contribution is -0.137. The van der Waals surface area contributed by atoms with Crippen molar-refractivity contribution in [1.29, 1.82) is 0 Å². The van der Waals surface area contributed by atoms with Gasteiger partial charge in [-0.05, 0) is 30.6 Å². The molecule has 0 saturated carbocycles. The van der Waals surface area contributed by atoms with Crippen molar-refractivity contribution in [1.82, 2.24) is 4.57 Å². The highest BCUT2D eigenvalue weighted by Crippen LogP contribution is 2.40. The molecule has 5 heteroatoms. The van der Waals surface area contributed by atoms with Gasteiger partial charge in [0.15, 0.2) is 0 Å². The van der Waals surface area contributed by atoms with Gasteiger partial charge in [-0.1, -0.05) is 38.5 Å². The molecule has 1 aliphatic carbocycles. The summed E-state index contributed by atoms with van der Waals surface area (Å²) in [7, 11) is 0. The largest absolute Gasteiger partial charge is 0.481 e. The van der Waals surface area contributed by atoms with Crippen LogP contribution in [0.15, 0.2) is 4.79 Å². The molecule has 0 bridgehead atoms. The summed E-state index contributed by atoms with van der Waals surface area (Å²) in [5, 5.41) is 8.78. The monoisotopic (exact) mass is 297 g/mol. The molecule has 0 radical (unpaired) electrons. The lowest BCUT2D eigenvalue weighted by Gasteiger charge is -2.36. The summed E-state index contributed by atoms with van der Waals surface area (Å²) >= 11 is 1.31. The Kier molecular flexibility index (Phi) is 4.37. The summed E-state index contributed by atoms with van der Waals surface area (Å²) in [6.07, 6.45) is 4.13. The lowest BCUT2D eigenvalue weighted by atomic mass is 9.70. The van der Waals surface area contributed by atoms with E-state index in [0.717, 1.165) is 31.4 Å². The molecule has 0 fully saturated rings. The molecule has 1 N–H and O–H groups in total. The van der Waals surface area contributed by atoms with Crippen LogP contribution in [0.3, 0.4) is 0 Å². The van der Waals surface area contributed by atoms with Crippen LogP contribution in [0.2, 0.25) is 0 Å². The molecule has 1 aromatic heterocycles. The molecular formula is C15H23NO3S. The first-order valence-electron chi connectivity index (χ1n) is 7.28. The van der Waals surface area contributed by atoms with Crippen LogP contribution in [0.4, 0.5) is 0 Å². The third-order valence-electron chi connectivity index (χ3n) is 4.81. The minimum absolute atomic E-state index is 0.00574. The molecule has 1 unspecified atom stereocenters. The second-order valence-electron chi connectivity index (χ2n) is 6.32. The van der Waals surface area contributed by atoms with E-state index in [1.165, 1.54) is 16.2 Å². The van der Waals surface area contributed by atoms with Crippen LogP contribution in [0.1, 0.15) is 50.6 Å². The van der Waals surface area contributed by atoms with E-state index in [-0.39, 0.29) is 11.3 Å². The maximum Gasteiger partial charge on any atom is 0.307 e. The molecule has 1 aromatic rings. The molecule has 0 aromatic carbocycles. The standard InChI is InChI=1S/C15H23NO3S/c1-4-15(2,3)10-5-6-11-12(9-10)20-14(19)16(11)8-7-13(17)18/h10H,4-9H2,1-3H3,(H,17,18). The number of thiazole rings is 1. The Hall–Kier alpha value is -1.10. The maximum absolute atomic E-state index is 12.0. The Morgan fingerprint density at radius 1 is 1.50 bits per heavy atom. The zero-order valence-corrected chi connectivity index (χ0v) is 13.3. The van der Waals surface area contributed by atoms with Gasteiger partial charge in [0.25, 0.3) is 0 Å². The number of fused-ring (bicyclic) bond motifs is 1. The molecule has 1 heterocycles. The van der Waals surface area contributed by atoms with Crippen LogP contribution in [0.25, 0.3) is 0 Å². The van der Waals surface area contributed by atoms with Gasteiger partial charge in [0.1, 0.15) is 0 Å². The lowest BCUT2D eigenvalue weighted by Crippen LogP contribution is -2.29. The first-order valence-corrected chi connectivity index (χ1v) is 8.10. The van der Waals surface area contributed by atoms with Crippen molar-refractivity contribution in [2.24, 2.45) is 11.3 Å². The number of nitrogens with zero attached hydrogens (tertiary/aromatic N) is 1. The van der Waals surface area contributed by atoms with Gasteiger partial charge >= 0.3 is 10.8 Å². The van der Waals surface area contributed by atoms with E-state index in [9.17, 15) is 9.59 Å². The quantitative estimate of drug-likeness (QED) is 0.909. The van der Waals surface area contributed by atoms with E-state index in [1.807, 2.05) is 0 Å². The van der Waals surface area contributed by atoms with Crippen molar-refractivity contribution in [3.63, 3.8) is 0 Å². The van der Waals surface area contributed by atoms with Gasteiger partial charge in [0.05, 0.1) is 6.42 Å². The summed E-state index contributed by atoms with van der Waals surface area (Å²) in [4.78, 5) is 23.9. The zero-order valence-electron chi connectivity index (χ0n) is 12.4. The SMILES string of the molecule is CCC(C)(C)C1CCc2c(sc(=O)n2CCC(=O)O)C1. The summed E-state index contributed by atoms with van der Waals surface area (Å²) in [6.45, 7) is 7.12. The van der Waals surface area contributed by atoms with E-state index in [2.05, 4.69) is 20.8 Å². The fourth-order valence-corrected chi connectivity index (χ4v) is 4.08. The molecule has 0 saturated heterocycles. The molecule has 112 valence electrons. The maximum atomic E-state index is 12.0. The van der Waals surface area contributed by atoms with Crippen molar-refractivity contribution in [3.05, 3.63) is 20.2 Å². The summed E-state index contributed by atoms with van der Waals surface area (Å²) in [5.74, 6) is -0.233. The van der Waals surface area contributed by atoms with Crippen LogP contribution >= 0.6 is 11.3 Å². The first kappa shape index (κ1) is 15.3. The Labute approximate surface area is 123 Å². The number of carboxylic acids is 1.